The van der Waals surface area contributed by atoms with Crippen LogP contribution >= 0.6 is 0 Å². The second-order valence-corrected chi connectivity index (χ2v) is 7.39. The lowest BCUT2D eigenvalue weighted by molar-refractivity contribution is -0.0320. The standard InChI is InChI=1S/C19H37N3O2/c1-16-5-3-6-17(15-16)7-11-22-19(20-2)21-10-4-12-24-18-8-13-23-14-9-18/h16-18H,3-15H2,1-2H3,(H2,20,21,22). The predicted octanol–water partition coefficient (Wildman–Crippen LogP) is 2.95. The van der Waals surface area contributed by atoms with Gasteiger partial charge in [-0.3, -0.25) is 4.99 Å². The second-order valence-electron chi connectivity index (χ2n) is 7.39. The molecule has 1 aliphatic carbocycles. The van der Waals surface area contributed by atoms with Gasteiger partial charge in [0.05, 0.1) is 6.10 Å². The topological polar surface area (TPSA) is 54.9 Å². The number of ether oxygens (including phenoxy) is 2. The van der Waals surface area contributed by atoms with Crippen molar-refractivity contribution >= 4 is 5.96 Å². The Morgan fingerprint density at radius 3 is 2.67 bits per heavy atom. The molecule has 2 fully saturated rings. The van der Waals surface area contributed by atoms with Crippen LogP contribution in [0.4, 0.5) is 0 Å². The Balaban J connectivity index is 1.47. The molecule has 2 N–H and O–H groups in total. The quantitative estimate of drug-likeness (QED) is 0.405. The molecule has 140 valence electrons. The summed E-state index contributed by atoms with van der Waals surface area (Å²) in [6.07, 6.45) is 10.4. The molecule has 0 aromatic heterocycles. The van der Waals surface area contributed by atoms with Gasteiger partial charge in [-0.25, -0.2) is 0 Å². The molecule has 2 aliphatic rings. The Morgan fingerprint density at radius 2 is 1.92 bits per heavy atom. The molecule has 0 bridgehead atoms. The molecule has 1 saturated heterocycles. The highest BCUT2D eigenvalue weighted by molar-refractivity contribution is 5.79. The molecule has 0 aromatic rings. The van der Waals surface area contributed by atoms with Crippen LogP contribution in [0, 0.1) is 11.8 Å². The summed E-state index contributed by atoms with van der Waals surface area (Å²) >= 11 is 0. The van der Waals surface area contributed by atoms with E-state index in [0.29, 0.717) is 6.10 Å². The van der Waals surface area contributed by atoms with E-state index in [9.17, 15) is 0 Å². The number of hydrogen-bond acceptors (Lipinski definition) is 3. The van der Waals surface area contributed by atoms with Crippen molar-refractivity contribution < 1.29 is 9.47 Å². The van der Waals surface area contributed by atoms with Crippen LogP contribution in [0.1, 0.15) is 58.3 Å². The predicted molar refractivity (Wildman–Crippen MR) is 99.5 cm³/mol. The first-order valence-electron chi connectivity index (χ1n) is 9.91. The molecule has 1 aliphatic heterocycles. The van der Waals surface area contributed by atoms with Crippen LogP contribution in [0.15, 0.2) is 4.99 Å². The Morgan fingerprint density at radius 1 is 1.12 bits per heavy atom. The number of guanidine groups is 1. The molecule has 0 aromatic carbocycles. The normalized spacial score (nSPS) is 26.3. The van der Waals surface area contributed by atoms with Crippen LogP contribution in [-0.2, 0) is 9.47 Å². The molecule has 1 heterocycles. The van der Waals surface area contributed by atoms with Crippen molar-refractivity contribution in [2.75, 3.05) is 40.0 Å². The Bertz CT molecular complexity index is 357. The van der Waals surface area contributed by atoms with Gasteiger partial charge in [0.15, 0.2) is 5.96 Å². The first-order valence-corrected chi connectivity index (χ1v) is 9.91. The van der Waals surface area contributed by atoms with Crippen LogP contribution in [0.25, 0.3) is 0 Å². The summed E-state index contributed by atoms with van der Waals surface area (Å²) in [7, 11) is 1.84. The van der Waals surface area contributed by atoms with Crippen LogP contribution in [0.3, 0.4) is 0 Å². The zero-order chi connectivity index (χ0) is 17.0. The van der Waals surface area contributed by atoms with Crippen LogP contribution < -0.4 is 10.6 Å². The van der Waals surface area contributed by atoms with Gasteiger partial charge in [0, 0.05) is 40.0 Å². The minimum absolute atomic E-state index is 0.397. The lowest BCUT2D eigenvalue weighted by Gasteiger charge is -2.26. The van der Waals surface area contributed by atoms with Crippen molar-refractivity contribution in [3.8, 4) is 0 Å². The molecule has 1 saturated carbocycles. The monoisotopic (exact) mass is 339 g/mol. The maximum absolute atomic E-state index is 5.89. The number of nitrogens with zero attached hydrogens (tertiary/aromatic N) is 1. The summed E-state index contributed by atoms with van der Waals surface area (Å²) in [5.41, 5.74) is 0. The molecule has 0 spiro atoms. The van der Waals surface area contributed by atoms with Crippen molar-refractivity contribution in [3.05, 3.63) is 0 Å². The first kappa shape index (κ1) is 19.5. The van der Waals surface area contributed by atoms with Gasteiger partial charge in [0.2, 0.25) is 0 Å². The van der Waals surface area contributed by atoms with E-state index in [2.05, 4.69) is 22.5 Å². The average molecular weight is 340 g/mol. The van der Waals surface area contributed by atoms with E-state index in [1.807, 2.05) is 7.05 Å². The van der Waals surface area contributed by atoms with Crippen molar-refractivity contribution in [1.29, 1.82) is 0 Å². The SMILES string of the molecule is CN=C(NCCCOC1CCOCC1)NCCC1CCCC(C)C1. The minimum Gasteiger partial charge on any atom is -0.381 e. The number of nitrogens with one attached hydrogen (secondary N) is 2. The molecule has 0 amide bonds. The van der Waals surface area contributed by atoms with Gasteiger partial charge in [-0.1, -0.05) is 26.2 Å². The molecule has 24 heavy (non-hydrogen) atoms. The van der Waals surface area contributed by atoms with Gasteiger partial charge >= 0.3 is 0 Å². The molecule has 5 nitrogen and oxygen atoms in total. The Hall–Kier alpha value is -0.810. The third kappa shape index (κ3) is 7.84. The Labute approximate surface area is 148 Å². The third-order valence-corrected chi connectivity index (χ3v) is 5.25. The van der Waals surface area contributed by atoms with E-state index in [-0.39, 0.29) is 0 Å². The van der Waals surface area contributed by atoms with Crippen LogP contribution in [0.2, 0.25) is 0 Å². The van der Waals surface area contributed by atoms with Gasteiger partial charge in [0.1, 0.15) is 0 Å². The van der Waals surface area contributed by atoms with Crippen LogP contribution in [-0.4, -0.2) is 52.0 Å². The van der Waals surface area contributed by atoms with E-state index in [4.69, 9.17) is 9.47 Å². The third-order valence-electron chi connectivity index (χ3n) is 5.25. The maximum Gasteiger partial charge on any atom is 0.190 e. The lowest BCUT2D eigenvalue weighted by Crippen LogP contribution is -2.39. The zero-order valence-corrected chi connectivity index (χ0v) is 15.7. The number of rotatable bonds is 8. The van der Waals surface area contributed by atoms with Crippen molar-refractivity contribution in [3.63, 3.8) is 0 Å². The molecule has 5 heteroatoms. The van der Waals surface area contributed by atoms with Crippen molar-refractivity contribution in [2.45, 2.75) is 64.4 Å². The molecular formula is C19H37N3O2. The largest absolute Gasteiger partial charge is 0.381 e. The first-order chi connectivity index (χ1) is 11.8. The van der Waals surface area contributed by atoms with Gasteiger partial charge in [0.25, 0.3) is 0 Å². The highest BCUT2D eigenvalue weighted by Gasteiger charge is 2.18. The van der Waals surface area contributed by atoms with E-state index in [1.165, 1.54) is 32.1 Å². The van der Waals surface area contributed by atoms with Crippen molar-refractivity contribution in [2.24, 2.45) is 16.8 Å². The van der Waals surface area contributed by atoms with Gasteiger partial charge in [-0.2, -0.15) is 0 Å². The molecule has 2 rings (SSSR count). The molecule has 0 radical (unpaired) electrons. The molecular weight excluding hydrogens is 302 g/mol. The summed E-state index contributed by atoms with van der Waals surface area (Å²) in [5.74, 6) is 2.73. The summed E-state index contributed by atoms with van der Waals surface area (Å²) in [6, 6.07) is 0. The van der Waals surface area contributed by atoms with E-state index < -0.39 is 0 Å². The fraction of sp³-hybridized carbons (Fsp3) is 0.947. The van der Waals surface area contributed by atoms with Gasteiger partial charge in [-0.05, 0) is 43.9 Å². The average Bonchev–Trinajstić information content (AvgIpc) is 2.61. The fourth-order valence-electron chi connectivity index (χ4n) is 3.81. The fourth-order valence-corrected chi connectivity index (χ4v) is 3.81. The van der Waals surface area contributed by atoms with E-state index in [1.54, 1.807) is 0 Å². The molecule has 2 atom stereocenters. The second kappa shape index (κ2) is 11.7. The lowest BCUT2D eigenvalue weighted by atomic mass is 9.81. The highest BCUT2D eigenvalue weighted by atomic mass is 16.5. The van der Waals surface area contributed by atoms with Gasteiger partial charge in [-0.15, -0.1) is 0 Å². The Kier molecular flexibility index (Phi) is 9.51. The number of hydrogen-bond donors (Lipinski definition) is 2. The van der Waals surface area contributed by atoms with E-state index >= 15 is 0 Å². The summed E-state index contributed by atoms with van der Waals surface area (Å²) in [5, 5.41) is 6.84. The van der Waals surface area contributed by atoms with Gasteiger partial charge < -0.3 is 20.1 Å². The summed E-state index contributed by atoms with van der Waals surface area (Å²) in [4.78, 5) is 4.31. The zero-order valence-electron chi connectivity index (χ0n) is 15.7. The minimum atomic E-state index is 0.397. The summed E-state index contributed by atoms with van der Waals surface area (Å²) in [6.45, 7) is 6.83. The van der Waals surface area contributed by atoms with Crippen LogP contribution in [0.5, 0.6) is 0 Å². The van der Waals surface area contributed by atoms with E-state index in [0.717, 1.165) is 70.0 Å². The van der Waals surface area contributed by atoms with Crippen molar-refractivity contribution in [1.82, 2.24) is 10.6 Å². The maximum atomic E-state index is 5.89. The molecule has 2 unspecified atom stereocenters. The number of aliphatic imine (C=N–C) groups is 1. The smallest absolute Gasteiger partial charge is 0.190 e. The highest BCUT2D eigenvalue weighted by Crippen LogP contribution is 2.30. The summed E-state index contributed by atoms with van der Waals surface area (Å²) < 4.78 is 11.2.